The summed E-state index contributed by atoms with van der Waals surface area (Å²) in [6, 6.07) is 1.78. The molecule has 2 rings (SSSR count). The van der Waals surface area contributed by atoms with Gasteiger partial charge >= 0.3 is 5.97 Å². The lowest BCUT2D eigenvalue weighted by Crippen LogP contribution is -2.63. The van der Waals surface area contributed by atoms with Crippen molar-refractivity contribution in [3.63, 3.8) is 0 Å². The molecule has 2 heterocycles. The van der Waals surface area contributed by atoms with Crippen LogP contribution in [0.1, 0.15) is 20.3 Å². The van der Waals surface area contributed by atoms with Gasteiger partial charge in [-0.25, -0.2) is 4.79 Å². The number of fused-ring (bicyclic) bond motifs is 1. The zero-order valence-corrected chi connectivity index (χ0v) is 13.0. The van der Waals surface area contributed by atoms with Gasteiger partial charge in [-0.05, 0) is 19.5 Å². The van der Waals surface area contributed by atoms with Gasteiger partial charge in [0.2, 0.25) is 5.91 Å². The number of aliphatic hydroxyl groups excluding tert-OH is 1. The summed E-state index contributed by atoms with van der Waals surface area (Å²) in [5.41, 5.74) is 0.734. The summed E-state index contributed by atoms with van der Waals surface area (Å²) >= 11 is 0. The largest absolute Gasteiger partial charge is 0.477 e. The Labute approximate surface area is 129 Å². The average Bonchev–Trinajstić information content (AvgIpc) is 2.66. The Morgan fingerprint density at radius 1 is 1.55 bits per heavy atom. The highest BCUT2D eigenvalue weighted by molar-refractivity contribution is 6.00. The zero-order valence-electron chi connectivity index (χ0n) is 13.0. The first kappa shape index (κ1) is 16.5. The number of nitrogens with zero attached hydrogens (tertiary/aromatic N) is 3. The van der Waals surface area contributed by atoms with Gasteiger partial charge in [0.1, 0.15) is 5.70 Å². The number of aliphatic hydroxyl groups is 1. The molecule has 0 saturated carbocycles. The van der Waals surface area contributed by atoms with E-state index in [0.29, 0.717) is 25.1 Å². The van der Waals surface area contributed by atoms with Crippen molar-refractivity contribution >= 4 is 11.9 Å². The maximum absolute atomic E-state index is 12.2. The molecule has 0 unspecified atom stereocenters. The number of hydrogen-bond acceptors (Lipinski definition) is 5. The van der Waals surface area contributed by atoms with Crippen LogP contribution in [0.5, 0.6) is 0 Å². The van der Waals surface area contributed by atoms with Crippen LogP contribution in [0.4, 0.5) is 0 Å². The molecule has 0 aliphatic carbocycles. The minimum absolute atomic E-state index is 0.0446. The quantitative estimate of drug-likeness (QED) is 0.671. The second-order valence-corrected chi connectivity index (χ2v) is 6.08. The van der Waals surface area contributed by atoms with E-state index in [-0.39, 0.29) is 23.6 Å². The molecule has 4 atom stereocenters. The number of nitriles is 1. The maximum Gasteiger partial charge on any atom is 0.352 e. The normalized spacial score (nSPS) is 28.5. The van der Waals surface area contributed by atoms with E-state index < -0.39 is 18.0 Å². The summed E-state index contributed by atoms with van der Waals surface area (Å²) in [5.74, 6) is -2.09. The summed E-state index contributed by atoms with van der Waals surface area (Å²) < 4.78 is 0. The van der Waals surface area contributed by atoms with Crippen molar-refractivity contribution in [2.24, 2.45) is 11.8 Å². The van der Waals surface area contributed by atoms with E-state index in [1.54, 1.807) is 6.92 Å². The third-order valence-corrected chi connectivity index (χ3v) is 4.56. The Balaban J connectivity index is 2.26. The number of carbonyl (C=O) groups is 2. The van der Waals surface area contributed by atoms with E-state index in [1.165, 1.54) is 4.90 Å². The molecule has 0 bridgehead atoms. The third kappa shape index (κ3) is 2.49. The fraction of sp³-hybridized carbons (Fsp3) is 0.667. The first-order valence-corrected chi connectivity index (χ1v) is 7.34. The van der Waals surface area contributed by atoms with E-state index >= 15 is 0 Å². The molecule has 7 heteroatoms. The Hall–Kier alpha value is -1.91. The lowest BCUT2D eigenvalue weighted by molar-refractivity contribution is -0.163. The van der Waals surface area contributed by atoms with E-state index in [1.807, 2.05) is 18.9 Å². The Morgan fingerprint density at radius 3 is 2.68 bits per heavy atom. The summed E-state index contributed by atoms with van der Waals surface area (Å²) in [6.45, 7) is 4.39. The highest BCUT2D eigenvalue weighted by Crippen LogP contribution is 2.47. The molecule has 0 spiro atoms. The molecular formula is C15H21N3O4. The summed E-state index contributed by atoms with van der Waals surface area (Å²) in [5, 5.41) is 27.9. The second kappa shape index (κ2) is 6.07. The Bertz CT molecular complexity index is 564. The van der Waals surface area contributed by atoms with Crippen molar-refractivity contribution in [1.82, 2.24) is 9.80 Å². The zero-order chi connectivity index (χ0) is 16.6. The third-order valence-electron chi connectivity index (χ3n) is 4.56. The molecule has 1 fully saturated rings. The highest BCUT2D eigenvalue weighted by atomic mass is 16.4. The van der Waals surface area contributed by atoms with E-state index in [9.17, 15) is 19.8 Å². The van der Waals surface area contributed by atoms with Crippen molar-refractivity contribution in [3.8, 4) is 6.07 Å². The van der Waals surface area contributed by atoms with Crippen molar-refractivity contribution < 1.29 is 19.8 Å². The lowest BCUT2D eigenvalue weighted by atomic mass is 9.77. The first-order chi connectivity index (χ1) is 10.3. The molecular weight excluding hydrogens is 286 g/mol. The minimum atomic E-state index is -1.12. The summed E-state index contributed by atoms with van der Waals surface area (Å²) in [7, 11) is 1.82. The smallest absolute Gasteiger partial charge is 0.352 e. The number of carbonyl (C=O) groups excluding carboxylic acids is 1. The van der Waals surface area contributed by atoms with Crippen LogP contribution in [0.15, 0.2) is 11.3 Å². The molecule has 2 aliphatic rings. The average molecular weight is 307 g/mol. The molecule has 120 valence electrons. The van der Waals surface area contributed by atoms with Crippen LogP contribution in [-0.2, 0) is 9.59 Å². The number of β-lactam (4-membered cyclic amide) rings is 1. The van der Waals surface area contributed by atoms with Gasteiger partial charge in [-0.2, -0.15) is 5.26 Å². The van der Waals surface area contributed by atoms with Crippen LogP contribution in [0.3, 0.4) is 0 Å². The predicted octanol–water partition coefficient (Wildman–Crippen LogP) is 0.0281. The number of carboxylic acid groups (broad SMARTS) is 1. The van der Waals surface area contributed by atoms with Gasteiger partial charge in [0, 0.05) is 25.4 Å². The predicted molar refractivity (Wildman–Crippen MR) is 77.4 cm³/mol. The van der Waals surface area contributed by atoms with Crippen molar-refractivity contribution in [2.75, 3.05) is 20.1 Å². The molecule has 0 aromatic rings. The van der Waals surface area contributed by atoms with Gasteiger partial charge in [0.25, 0.3) is 0 Å². The van der Waals surface area contributed by atoms with E-state index in [0.717, 1.165) is 0 Å². The molecule has 0 radical (unpaired) electrons. The molecule has 22 heavy (non-hydrogen) atoms. The van der Waals surface area contributed by atoms with Crippen LogP contribution in [0.25, 0.3) is 0 Å². The number of aliphatic carboxylic acids is 1. The molecule has 1 saturated heterocycles. The van der Waals surface area contributed by atoms with Gasteiger partial charge in [-0.1, -0.05) is 6.92 Å². The van der Waals surface area contributed by atoms with E-state index in [2.05, 4.69) is 6.07 Å². The molecule has 7 nitrogen and oxygen atoms in total. The lowest BCUT2D eigenvalue weighted by Gasteiger charge is -2.46. The number of carboxylic acids is 1. The standard InChI is InChI=1S/C15H21N3O4/c1-8-10(7-17(3)6-4-5-16)13(15(21)22)18-12(8)11(9(2)19)14(18)20/h8-9,11-12,19H,4,6-7H2,1-3H3,(H,21,22)/t8-,9+,11+,12+/m0/s1. The van der Waals surface area contributed by atoms with Crippen molar-refractivity contribution in [1.29, 1.82) is 5.26 Å². The second-order valence-electron chi connectivity index (χ2n) is 6.08. The Morgan fingerprint density at radius 2 is 2.18 bits per heavy atom. The van der Waals surface area contributed by atoms with Gasteiger partial charge in [0.05, 0.1) is 24.1 Å². The first-order valence-electron chi connectivity index (χ1n) is 7.34. The number of hydrogen-bond donors (Lipinski definition) is 2. The molecule has 1 amide bonds. The fourth-order valence-corrected chi connectivity index (χ4v) is 3.46. The fourth-order valence-electron chi connectivity index (χ4n) is 3.46. The summed E-state index contributed by atoms with van der Waals surface area (Å²) in [4.78, 5) is 26.9. The van der Waals surface area contributed by atoms with E-state index in [4.69, 9.17) is 5.26 Å². The number of amides is 1. The number of rotatable bonds is 6. The summed E-state index contributed by atoms with van der Waals surface area (Å²) in [6.07, 6.45) is -0.426. The highest BCUT2D eigenvalue weighted by Gasteiger charge is 2.59. The number of likely N-dealkylation sites (N-methyl/N-ethyl adjacent to an activating group) is 1. The minimum Gasteiger partial charge on any atom is -0.477 e. The van der Waals surface area contributed by atoms with Gasteiger partial charge in [-0.3, -0.25) is 4.79 Å². The Kier molecular flexibility index (Phi) is 4.54. The molecule has 0 aromatic heterocycles. The SMILES string of the molecule is C[C@@H](O)[C@H]1C(=O)N2C(C(=O)O)=C(CN(C)CCC#N)[C@H](C)[C@H]12. The van der Waals surface area contributed by atoms with Crippen LogP contribution >= 0.6 is 0 Å². The monoisotopic (exact) mass is 307 g/mol. The van der Waals surface area contributed by atoms with Gasteiger partial charge in [0.15, 0.2) is 0 Å². The maximum atomic E-state index is 12.2. The van der Waals surface area contributed by atoms with Crippen molar-refractivity contribution in [3.05, 3.63) is 11.3 Å². The molecule has 2 N–H and O–H groups in total. The molecule has 2 aliphatic heterocycles. The van der Waals surface area contributed by atoms with Crippen molar-refractivity contribution in [2.45, 2.75) is 32.4 Å². The van der Waals surface area contributed by atoms with Gasteiger partial charge < -0.3 is 20.0 Å². The van der Waals surface area contributed by atoms with Crippen LogP contribution in [0, 0.1) is 23.2 Å². The van der Waals surface area contributed by atoms with Gasteiger partial charge in [-0.15, -0.1) is 0 Å². The van der Waals surface area contributed by atoms with Crippen LogP contribution in [-0.4, -0.2) is 64.2 Å². The molecule has 0 aromatic carbocycles. The van der Waals surface area contributed by atoms with Crippen LogP contribution in [0.2, 0.25) is 0 Å². The van der Waals surface area contributed by atoms with Crippen LogP contribution < -0.4 is 0 Å². The topological polar surface area (TPSA) is 105 Å².